The normalized spacial score (nSPS) is 10.5. The minimum absolute atomic E-state index is 0.0236. The third-order valence-electron chi connectivity index (χ3n) is 2.69. The summed E-state index contributed by atoms with van der Waals surface area (Å²) < 4.78 is 13.7. The molecule has 0 aliphatic heterocycles. The molecule has 2 aromatic rings. The maximum absolute atomic E-state index is 13.3. The highest BCUT2D eigenvalue weighted by atomic mass is 79.9. The van der Waals surface area contributed by atoms with Crippen LogP contribution in [0, 0.1) is 15.9 Å². The molecule has 0 radical (unpaired) electrons. The molecule has 0 fully saturated rings. The van der Waals surface area contributed by atoms with Crippen LogP contribution in [-0.4, -0.2) is 4.92 Å². The monoisotopic (exact) mass is 392 g/mol. The molecule has 0 spiro atoms. The van der Waals surface area contributed by atoms with Gasteiger partial charge in [0.1, 0.15) is 0 Å². The Balaban J connectivity index is 2.17. The quantitative estimate of drug-likeness (QED) is 0.429. The molecule has 110 valence electrons. The first-order chi connectivity index (χ1) is 9.88. The summed E-state index contributed by atoms with van der Waals surface area (Å²) in [5.74, 6) is -0.678. The van der Waals surface area contributed by atoms with E-state index in [9.17, 15) is 14.5 Å². The summed E-state index contributed by atoms with van der Waals surface area (Å²) in [4.78, 5) is 10.4. The first kappa shape index (κ1) is 16.0. The molecule has 0 saturated heterocycles. The molecule has 0 aromatic heterocycles. The third kappa shape index (κ3) is 3.84. The number of benzene rings is 2. The zero-order valence-corrected chi connectivity index (χ0v) is 13.5. The Kier molecular flexibility index (Phi) is 5.03. The van der Waals surface area contributed by atoms with E-state index in [1.807, 2.05) is 0 Å². The first-order valence-electron chi connectivity index (χ1n) is 5.69. The maximum atomic E-state index is 13.3. The lowest BCUT2D eigenvalue weighted by molar-refractivity contribution is -0.385. The second-order valence-electron chi connectivity index (χ2n) is 4.15. The molecule has 0 unspecified atom stereocenters. The summed E-state index contributed by atoms with van der Waals surface area (Å²) in [6.07, 6.45) is 0. The van der Waals surface area contributed by atoms with Gasteiger partial charge < -0.3 is 5.32 Å². The maximum Gasteiger partial charge on any atom is 0.283 e. The second-order valence-corrected chi connectivity index (χ2v) is 5.82. The second kappa shape index (κ2) is 6.60. The van der Waals surface area contributed by atoms with Crippen molar-refractivity contribution in [2.45, 2.75) is 6.54 Å². The zero-order valence-electron chi connectivity index (χ0n) is 10.4. The summed E-state index contributed by atoms with van der Waals surface area (Å²) in [5, 5.41) is 13.7. The molecule has 8 heteroatoms. The van der Waals surface area contributed by atoms with Crippen LogP contribution in [0.2, 0.25) is 10.0 Å². The van der Waals surface area contributed by atoms with Crippen LogP contribution in [0.25, 0.3) is 0 Å². The molecule has 0 heterocycles. The largest absolute Gasteiger partial charge is 0.381 e. The van der Waals surface area contributed by atoms with Gasteiger partial charge in [0, 0.05) is 18.3 Å². The molecule has 21 heavy (non-hydrogen) atoms. The van der Waals surface area contributed by atoms with E-state index in [0.29, 0.717) is 22.3 Å². The van der Waals surface area contributed by atoms with E-state index in [4.69, 9.17) is 23.2 Å². The van der Waals surface area contributed by atoms with E-state index in [1.54, 1.807) is 12.1 Å². The fourth-order valence-electron chi connectivity index (χ4n) is 1.67. The molecule has 0 amide bonds. The number of nitro groups is 1. The van der Waals surface area contributed by atoms with Crippen molar-refractivity contribution in [1.29, 1.82) is 0 Å². The van der Waals surface area contributed by atoms with Gasteiger partial charge in [-0.3, -0.25) is 10.1 Å². The van der Waals surface area contributed by atoms with Crippen LogP contribution < -0.4 is 5.32 Å². The Morgan fingerprint density at radius 3 is 2.43 bits per heavy atom. The van der Waals surface area contributed by atoms with Gasteiger partial charge in [0.05, 0.1) is 19.4 Å². The Labute approximate surface area is 138 Å². The Morgan fingerprint density at radius 2 is 1.86 bits per heavy atom. The van der Waals surface area contributed by atoms with Crippen LogP contribution in [0.3, 0.4) is 0 Å². The molecule has 1 N–H and O–H groups in total. The average molecular weight is 394 g/mol. The SMILES string of the molecule is O=[N+]([O-])c1cc(CNc2cc(Cl)c(F)c(Cl)c2)ccc1Br. The van der Waals surface area contributed by atoms with Gasteiger partial charge in [-0.25, -0.2) is 4.39 Å². The molecule has 0 atom stereocenters. The smallest absolute Gasteiger partial charge is 0.283 e. The van der Waals surface area contributed by atoms with Crippen molar-refractivity contribution in [1.82, 2.24) is 0 Å². The predicted octanol–water partition coefficient (Wildman–Crippen LogP) is 5.42. The lowest BCUT2D eigenvalue weighted by Gasteiger charge is -2.09. The van der Waals surface area contributed by atoms with Gasteiger partial charge in [-0.2, -0.15) is 0 Å². The van der Waals surface area contributed by atoms with E-state index in [-0.39, 0.29) is 15.7 Å². The van der Waals surface area contributed by atoms with E-state index in [2.05, 4.69) is 21.2 Å². The topological polar surface area (TPSA) is 55.2 Å². The van der Waals surface area contributed by atoms with Crippen molar-refractivity contribution >= 4 is 50.5 Å². The summed E-state index contributed by atoms with van der Waals surface area (Å²) in [5.41, 5.74) is 1.20. The van der Waals surface area contributed by atoms with Crippen molar-refractivity contribution < 1.29 is 9.31 Å². The highest BCUT2D eigenvalue weighted by molar-refractivity contribution is 9.10. The van der Waals surface area contributed by atoms with Crippen molar-refractivity contribution in [2.24, 2.45) is 0 Å². The number of nitrogens with one attached hydrogen (secondary N) is 1. The molecule has 0 aliphatic rings. The summed E-state index contributed by atoms with van der Waals surface area (Å²) in [6.45, 7) is 0.312. The van der Waals surface area contributed by atoms with Crippen LogP contribution >= 0.6 is 39.1 Å². The van der Waals surface area contributed by atoms with Crippen LogP contribution in [0.1, 0.15) is 5.56 Å². The number of anilines is 1. The van der Waals surface area contributed by atoms with Gasteiger partial charge in [0.25, 0.3) is 5.69 Å². The van der Waals surface area contributed by atoms with Gasteiger partial charge in [-0.1, -0.05) is 29.3 Å². The van der Waals surface area contributed by atoms with E-state index in [0.717, 1.165) is 0 Å². The molecule has 0 bridgehead atoms. The number of hydrogen-bond acceptors (Lipinski definition) is 3. The summed E-state index contributed by atoms with van der Waals surface area (Å²) in [7, 11) is 0. The minimum Gasteiger partial charge on any atom is -0.381 e. The van der Waals surface area contributed by atoms with E-state index < -0.39 is 10.7 Å². The molecular weight excluding hydrogens is 386 g/mol. The molecule has 0 aliphatic carbocycles. The Hall–Kier alpha value is -1.37. The van der Waals surface area contributed by atoms with Crippen molar-refractivity contribution in [2.75, 3.05) is 5.32 Å². The van der Waals surface area contributed by atoms with Crippen LogP contribution in [0.15, 0.2) is 34.8 Å². The predicted molar refractivity (Wildman–Crippen MR) is 84.5 cm³/mol. The van der Waals surface area contributed by atoms with Crippen LogP contribution in [0.4, 0.5) is 15.8 Å². The van der Waals surface area contributed by atoms with Gasteiger partial charge >= 0.3 is 0 Å². The van der Waals surface area contributed by atoms with Gasteiger partial charge in [-0.05, 0) is 39.7 Å². The Morgan fingerprint density at radius 1 is 1.24 bits per heavy atom. The third-order valence-corrected chi connectivity index (χ3v) is 3.91. The van der Waals surface area contributed by atoms with Gasteiger partial charge in [-0.15, -0.1) is 0 Å². The molecule has 2 aromatic carbocycles. The standard InChI is InChI=1S/C13H8BrCl2FN2O2/c14-9-2-1-7(3-12(9)19(20)21)6-18-8-4-10(15)13(17)11(16)5-8/h1-5,18H,6H2. The zero-order chi connectivity index (χ0) is 15.6. The average Bonchev–Trinajstić information content (AvgIpc) is 2.43. The van der Waals surface area contributed by atoms with E-state index in [1.165, 1.54) is 18.2 Å². The lowest BCUT2D eigenvalue weighted by atomic mass is 10.2. The fraction of sp³-hybridized carbons (Fsp3) is 0.0769. The van der Waals surface area contributed by atoms with Gasteiger partial charge in [0.2, 0.25) is 0 Å². The molecule has 4 nitrogen and oxygen atoms in total. The van der Waals surface area contributed by atoms with Crippen molar-refractivity contribution in [3.05, 3.63) is 66.3 Å². The van der Waals surface area contributed by atoms with Crippen molar-refractivity contribution in [3.63, 3.8) is 0 Å². The lowest BCUT2D eigenvalue weighted by Crippen LogP contribution is -2.01. The van der Waals surface area contributed by atoms with E-state index >= 15 is 0 Å². The first-order valence-corrected chi connectivity index (χ1v) is 7.24. The van der Waals surface area contributed by atoms with Gasteiger partial charge in [0.15, 0.2) is 5.82 Å². The van der Waals surface area contributed by atoms with Crippen LogP contribution in [0.5, 0.6) is 0 Å². The molecule has 0 saturated carbocycles. The molecular formula is C13H8BrCl2FN2O2. The highest BCUT2D eigenvalue weighted by Gasteiger charge is 2.12. The van der Waals surface area contributed by atoms with Crippen LogP contribution in [-0.2, 0) is 6.54 Å². The number of rotatable bonds is 4. The fourth-order valence-corrected chi connectivity index (χ4v) is 2.55. The number of nitro benzene ring substituents is 1. The number of hydrogen-bond donors (Lipinski definition) is 1. The summed E-state index contributed by atoms with van der Waals surface area (Å²) in [6, 6.07) is 7.58. The van der Waals surface area contributed by atoms with Crippen molar-refractivity contribution in [3.8, 4) is 0 Å². The Bertz CT molecular complexity index is 690. The molecule has 2 rings (SSSR count). The highest BCUT2D eigenvalue weighted by Crippen LogP contribution is 2.29. The number of halogens is 4. The minimum atomic E-state index is -0.678. The summed E-state index contributed by atoms with van der Waals surface area (Å²) >= 11 is 14.5. The number of nitrogens with zero attached hydrogens (tertiary/aromatic N) is 1.